The lowest BCUT2D eigenvalue weighted by Gasteiger charge is -2.15. The number of carbonyl (C=O) groups is 1. The molecule has 0 aliphatic heterocycles. The van der Waals surface area contributed by atoms with Gasteiger partial charge in [-0.05, 0) is 42.8 Å². The minimum absolute atomic E-state index is 0.192. The van der Waals surface area contributed by atoms with Gasteiger partial charge in [0.15, 0.2) is 0 Å². The molecule has 28 heavy (non-hydrogen) atoms. The molecule has 1 amide bonds. The van der Waals surface area contributed by atoms with E-state index in [1.807, 2.05) is 43.3 Å². The molecule has 2 aromatic carbocycles. The van der Waals surface area contributed by atoms with Crippen molar-refractivity contribution in [2.24, 2.45) is 0 Å². The molecule has 5 nitrogen and oxygen atoms in total. The van der Waals surface area contributed by atoms with Gasteiger partial charge in [0.2, 0.25) is 5.91 Å². The molecule has 0 saturated heterocycles. The number of nitrogens with one attached hydrogen (secondary N) is 1. The van der Waals surface area contributed by atoms with Crippen molar-refractivity contribution in [2.45, 2.75) is 19.5 Å². The van der Waals surface area contributed by atoms with Crippen LogP contribution in [0.15, 0.2) is 83.5 Å². The summed E-state index contributed by atoms with van der Waals surface area (Å²) in [4.78, 5) is 17.1. The van der Waals surface area contributed by atoms with Crippen molar-refractivity contribution in [2.75, 3.05) is 0 Å². The summed E-state index contributed by atoms with van der Waals surface area (Å²) >= 11 is 0. The van der Waals surface area contributed by atoms with E-state index >= 15 is 0 Å². The number of hydrogen-bond acceptors (Lipinski definition) is 3. The van der Waals surface area contributed by atoms with Crippen molar-refractivity contribution in [3.63, 3.8) is 0 Å². The molecule has 0 aliphatic rings. The highest BCUT2D eigenvalue weighted by molar-refractivity contribution is 5.91. The number of nitrogens with zero attached hydrogens (tertiary/aromatic N) is 2. The van der Waals surface area contributed by atoms with Gasteiger partial charge in [-0.25, -0.2) is 4.98 Å². The smallest absolute Gasteiger partial charge is 0.244 e. The molecule has 5 heteroatoms. The van der Waals surface area contributed by atoms with Crippen molar-refractivity contribution in [3.05, 3.63) is 96.2 Å². The first-order valence-electron chi connectivity index (χ1n) is 9.22. The largest absolute Gasteiger partial charge is 0.465 e. The lowest BCUT2D eigenvalue weighted by molar-refractivity contribution is -0.117. The number of benzene rings is 2. The van der Waals surface area contributed by atoms with Gasteiger partial charge in [0.1, 0.15) is 11.6 Å². The van der Waals surface area contributed by atoms with Crippen LogP contribution < -0.4 is 5.32 Å². The standard InChI is InChI=1S/C23H21N3O2/c1-17(24-22(27)14-13-19-10-7-15-28-19)23-25-20-11-5-6-12-21(20)26(23)16-18-8-3-2-4-9-18/h2-15,17H,16H2,1H3,(H,24,27)/b14-13-/t17-/m0/s1. The maximum atomic E-state index is 12.3. The van der Waals surface area contributed by atoms with Gasteiger partial charge in [-0.1, -0.05) is 42.5 Å². The van der Waals surface area contributed by atoms with Crippen LogP contribution in [-0.4, -0.2) is 15.5 Å². The Kier molecular flexibility index (Phi) is 5.06. The average molecular weight is 371 g/mol. The van der Waals surface area contributed by atoms with Crippen molar-refractivity contribution in [1.82, 2.24) is 14.9 Å². The summed E-state index contributed by atoms with van der Waals surface area (Å²) in [6.45, 7) is 2.64. The maximum Gasteiger partial charge on any atom is 0.244 e. The highest BCUT2D eigenvalue weighted by Crippen LogP contribution is 2.22. The fraction of sp³-hybridized carbons (Fsp3) is 0.130. The monoisotopic (exact) mass is 371 g/mol. The van der Waals surface area contributed by atoms with E-state index in [1.165, 1.54) is 11.6 Å². The molecule has 1 atom stereocenters. The van der Waals surface area contributed by atoms with Gasteiger partial charge < -0.3 is 14.3 Å². The zero-order valence-corrected chi connectivity index (χ0v) is 15.6. The molecular formula is C23H21N3O2. The van der Waals surface area contributed by atoms with E-state index in [-0.39, 0.29) is 11.9 Å². The van der Waals surface area contributed by atoms with Gasteiger partial charge in [-0.3, -0.25) is 4.79 Å². The van der Waals surface area contributed by atoms with Crippen LogP contribution in [-0.2, 0) is 11.3 Å². The summed E-state index contributed by atoms with van der Waals surface area (Å²) in [5.74, 6) is 1.27. The summed E-state index contributed by atoms with van der Waals surface area (Å²) in [5, 5.41) is 3.00. The molecule has 0 bridgehead atoms. The predicted molar refractivity (Wildman–Crippen MR) is 110 cm³/mol. The van der Waals surface area contributed by atoms with Crippen molar-refractivity contribution in [1.29, 1.82) is 0 Å². The number of furan rings is 1. The molecule has 2 heterocycles. The van der Waals surface area contributed by atoms with E-state index in [0.29, 0.717) is 12.3 Å². The topological polar surface area (TPSA) is 60.1 Å². The van der Waals surface area contributed by atoms with Gasteiger partial charge in [-0.2, -0.15) is 0 Å². The van der Waals surface area contributed by atoms with Crippen LogP contribution in [0.3, 0.4) is 0 Å². The lowest BCUT2D eigenvalue weighted by atomic mass is 10.2. The number of rotatable bonds is 6. The Hall–Kier alpha value is -3.60. The molecule has 0 unspecified atom stereocenters. The van der Waals surface area contributed by atoms with E-state index in [0.717, 1.165) is 16.9 Å². The third-order valence-corrected chi connectivity index (χ3v) is 4.56. The maximum absolute atomic E-state index is 12.3. The van der Waals surface area contributed by atoms with Crippen LogP contribution in [0, 0.1) is 0 Å². The van der Waals surface area contributed by atoms with Gasteiger partial charge in [-0.15, -0.1) is 0 Å². The second-order valence-corrected chi connectivity index (χ2v) is 6.61. The molecule has 0 saturated carbocycles. The molecule has 0 spiro atoms. The van der Waals surface area contributed by atoms with Crippen molar-refractivity contribution < 1.29 is 9.21 Å². The van der Waals surface area contributed by atoms with Crippen LogP contribution in [0.4, 0.5) is 0 Å². The molecule has 2 aromatic heterocycles. The molecule has 0 aliphatic carbocycles. The van der Waals surface area contributed by atoms with Crippen LogP contribution in [0.25, 0.3) is 17.1 Å². The highest BCUT2D eigenvalue weighted by atomic mass is 16.3. The van der Waals surface area contributed by atoms with E-state index in [4.69, 9.17) is 9.40 Å². The lowest BCUT2D eigenvalue weighted by Crippen LogP contribution is -2.27. The normalized spacial score (nSPS) is 12.5. The van der Waals surface area contributed by atoms with Crippen LogP contribution in [0.2, 0.25) is 0 Å². The summed E-state index contributed by atoms with van der Waals surface area (Å²) < 4.78 is 7.37. The fourth-order valence-electron chi connectivity index (χ4n) is 3.23. The fourth-order valence-corrected chi connectivity index (χ4v) is 3.23. The summed E-state index contributed by atoms with van der Waals surface area (Å²) in [7, 11) is 0. The van der Waals surface area contributed by atoms with Gasteiger partial charge in [0.25, 0.3) is 0 Å². The molecular weight excluding hydrogens is 350 g/mol. The molecule has 4 aromatic rings. The van der Waals surface area contributed by atoms with Crippen LogP contribution in [0.1, 0.15) is 30.1 Å². The zero-order valence-electron chi connectivity index (χ0n) is 15.6. The summed E-state index contributed by atoms with van der Waals surface area (Å²) in [6.07, 6.45) is 4.70. The Labute approximate surface area is 163 Å². The Morgan fingerprint density at radius 3 is 2.68 bits per heavy atom. The molecule has 0 radical (unpaired) electrons. The predicted octanol–water partition coefficient (Wildman–Crippen LogP) is 4.57. The summed E-state index contributed by atoms with van der Waals surface area (Å²) in [5.41, 5.74) is 3.15. The van der Waals surface area contributed by atoms with Crippen molar-refractivity contribution in [3.8, 4) is 0 Å². The van der Waals surface area contributed by atoms with E-state index in [1.54, 1.807) is 24.5 Å². The Bertz CT molecular complexity index is 1100. The quantitative estimate of drug-likeness (QED) is 0.505. The minimum Gasteiger partial charge on any atom is -0.465 e. The molecule has 1 N–H and O–H groups in total. The minimum atomic E-state index is -0.245. The Morgan fingerprint density at radius 2 is 1.89 bits per heavy atom. The number of aromatic nitrogens is 2. The molecule has 4 rings (SSSR count). The van der Waals surface area contributed by atoms with E-state index in [2.05, 4.69) is 28.1 Å². The number of fused-ring (bicyclic) bond motifs is 1. The number of carbonyl (C=O) groups excluding carboxylic acids is 1. The SMILES string of the molecule is C[C@H](NC(=O)/C=C\c1ccco1)c1nc2ccccc2n1Cc1ccccc1. The second kappa shape index (κ2) is 7.96. The zero-order chi connectivity index (χ0) is 19.3. The Balaban J connectivity index is 1.60. The number of amides is 1. The average Bonchev–Trinajstić information content (AvgIpc) is 3.36. The Morgan fingerprint density at radius 1 is 1.11 bits per heavy atom. The van der Waals surface area contributed by atoms with Gasteiger partial charge in [0.05, 0.1) is 23.3 Å². The van der Waals surface area contributed by atoms with Crippen molar-refractivity contribution >= 4 is 23.0 Å². The third-order valence-electron chi connectivity index (χ3n) is 4.56. The number of para-hydroxylation sites is 2. The van der Waals surface area contributed by atoms with Crippen LogP contribution in [0.5, 0.6) is 0 Å². The van der Waals surface area contributed by atoms with Gasteiger partial charge in [0, 0.05) is 12.6 Å². The number of hydrogen-bond donors (Lipinski definition) is 1. The van der Waals surface area contributed by atoms with Crippen LogP contribution >= 0.6 is 0 Å². The number of imidazole rings is 1. The molecule has 0 fully saturated rings. The summed E-state index contributed by atoms with van der Waals surface area (Å²) in [6, 6.07) is 21.6. The van der Waals surface area contributed by atoms with E-state index in [9.17, 15) is 4.79 Å². The first kappa shape index (κ1) is 17.8. The molecule has 140 valence electrons. The van der Waals surface area contributed by atoms with E-state index < -0.39 is 0 Å². The third kappa shape index (κ3) is 3.88. The van der Waals surface area contributed by atoms with Gasteiger partial charge >= 0.3 is 0 Å². The first-order chi connectivity index (χ1) is 13.7. The highest BCUT2D eigenvalue weighted by Gasteiger charge is 2.18. The second-order valence-electron chi connectivity index (χ2n) is 6.61. The first-order valence-corrected chi connectivity index (χ1v) is 9.22.